The Bertz CT molecular complexity index is 715. The fourth-order valence-corrected chi connectivity index (χ4v) is 3.88. The van der Waals surface area contributed by atoms with Crippen molar-refractivity contribution in [3.8, 4) is 17.2 Å². The summed E-state index contributed by atoms with van der Waals surface area (Å²) in [6.45, 7) is 0. The second-order valence-corrected chi connectivity index (χ2v) is 6.67. The molecule has 0 aromatic carbocycles. The van der Waals surface area contributed by atoms with E-state index in [1.807, 2.05) is 0 Å². The fourth-order valence-electron chi connectivity index (χ4n) is 3.13. The van der Waals surface area contributed by atoms with E-state index in [4.69, 9.17) is 13.9 Å². The minimum Gasteiger partial charge on any atom is -0.452 e. The zero-order valence-electron chi connectivity index (χ0n) is 12.4. The largest absolute Gasteiger partial charge is 0.452 e. The van der Waals surface area contributed by atoms with Crippen LogP contribution in [0, 0.1) is 0 Å². The smallest absolute Gasteiger partial charge is 0.423 e. The number of methoxy groups -OCH3 is 1. The van der Waals surface area contributed by atoms with Gasteiger partial charge in [-0.05, 0) is 31.4 Å². The van der Waals surface area contributed by atoms with Crippen LogP contribution in [0.15, 0.2) is 16.5 Å². The first kappa shape index (κ1) is 14.5. The third-order valence-corrected chi connectivity index (χ3v) is 5.13. The first-order valence-electron chi connectivity index (χ1n) is 7.43. The standard InChI is InChI=1S/C14H16N4O4S/c1-20-13-17-18-14(22-13)21-11-5-4-10(23-11)12(19)16-9-6-7-2-3-8(9)15-7/h4-5,7-9,15H,2-3,6H2,1H3,(H,16,19)/t7-,8+,9-/m1/s1. The number of carbonyl (C=O) groups is 1. The molecule has 4 rings (SSSR count). The van der Waals surface area contributed by atoms with Gasteiger partial charge in [-0.15, -0.1) is 0 Å². The van der Waals surface area contributed by atoms with Gasteiger partial charge in [0.25, 0.3) is 5.91 Å². The summed E-state index contributed by atoms with van der Waals surface area (Å²) in [7, 11) is 1.43. The molecule has 23 heavy (non-hydrogen) atoms. The topological polar surface area (TPSA) is 98.5 Å². The van der Waals surface area contributed by atoms with Crippen molar-refractivity contribution in [3.05, 3.63) is 17.0 Å². The van der Waals surface area contributed by atoms with Gasteiger partial charge in [-0.1, -0.05) is 21.5 Å². The van der Waals surface area contributed by atoms with E-state index in [-0.39, 0.29) is 24.1 Å². The molecule has 4 heterocycles. The van der Waals surface area contributed by atoms with Crippen LogP contribution in [0.1, 0.15) is 28.9 Å². The number of hydrogen-bond donors (Lipinski definition) is 2. The zero-order valence-corrected chi connectivity index (χ0v) is 13.3. The van der Waals surface area contributed by atoms with Gasteiger partial charge in [0.1, 0.15) is 0 Å². The first-order valence-corrected chi connectivity index (χ1v) is 8.25. The van der Waals surface area contributed by atoms with Crippen molar-refractivity contribution < 1.29 is 18.7 Å². The Labute approximate surface area is 136 Å². The average molecular weight is 336 g/mol. The lowest BCUT2D eigenvalue weighted by Gasteiger charge is -2.20. The van der Waals surface area contributed by atoms with Gasteiger partial charge in [-0.2, -0.15) is 0 Å². The number of rotatable bonds is 5. The highest BCUT2D eigenvalue weighted by Crippen LogP contribution is 2.31. The molecule has 3 atom stereocenters. The Morgan fingerprint density at radius 2 is 2.26 bits per heavy atom. The van der Waals surface area contributed by atoms with Crippen LogP contribution in [-0.2, 0) is 0 Å². The van der Waals surface area contributed by atoms with Crippen LogP contribution in [-0.4, -0.2) is 41.3 Å². The molecule has 9 heteroatoms. The zero-order chi connectivity index (χ0) is 15.8. The van der Waals surface area contributed by atoms with Crippen molar-refractivity contribution in [2.24, 2.45) is 0 Å². The lowest BCUT2D eigenvalue weighted by atomic mass is 9.95. The van der Waals surface area contributed by atoms with Gasteiger partial charge >= 0.3 is 12.2 Å². The Morgan fingerprint density at radius 1 is 1.39 bits per heavy atom. The first-order chi connectivity index (χ1) is 11.2. The molecule has 2 aliphatic heterocycles. The van der Waals surface area contributed by atoms with Crippen LogP contribution in [0.25, 0.3) is 0 Å². The molecule has 2 fully saturated rings. The number of carbonyl (C=O) groups excluding carboxylic acids is 1. The third-order valence-electron chi connectivity index (χ3n) is 4.17. The normalized spacial score (nSPS) is 25.5. The molecule has 0 aliphatic carbocycles. The molecule has 0 saturated carbocycles. The fraction of sp³-hybridized carbons (Fsp3) is 0.500. The molecular weight excluding hydrogens is 320 g/mol. The second kappa shape index (κ2) is 5.82. The van der Waals surface area contributed by atoms with Gasteiger partial charge in [0.15, 0.2) is 5.06 Å². The van der Waals surface area contributed by atoms with Crippen LogP contribution >= 0.6 is 11.3 Å². The Balaban J connectivity index is 1.38. The molecule has 2 aromatic heterocycles. The van der Waals surface area contributed by atoms with E-state index < -0.39 is 0 Å². The van der Waals surface area contributed by atoms with Gasteiger partial charge < -0.3 is 24.5 Å². The van der Waals surface area contributed by atoms with E-state index in [1.54, 1.807) is 12.1 Å². The molecule has 2 saturated heterocycles. The molecule has 2 N–H and O–H groups in total. The quantitative estimate of drug-likeness (QED) is 0.855. The van der Waals surface area contributed by atoms with E-state index in [9.17, 15) is 4.79 Å². The Kier molecular flexibility index (Phi) is 3.66. The predicted octanol–water partition coefficient (Wildman–Crippen LogP) is 1.55. The molecule has 2 bridgehead atoms. The van der Waals surface area contributed by atoms with Gasteiger partial charge in [0, 0.05) is 18.1 Å². The number of amides is 1. The van der Waals surface area contributed by atoms with E-state index in [2.05, 4.69) is 20.8 Å². The van der Waals surface area contributed by atoms with Gasteiger partial charge in [0.2, 0.25) is 0 Å². The third kappa shape index (κ3) is 2.89. The van der Waals surface area contributed by atoms with Crippen LogP contribution < -0.4 is 20.1 Å². The average Bonchev–Trinajstić information content (AvgIpc) is 3.32. The van der Waals surface area contributed by atoms with Crippen molar-refractivity contribution in [3.63, 3.8) is 0 Å². The number of fused-ring (bicyclic) bond motifs is 2. The SMILES string of the molecule is COc1nnc(Oc2ccc(C(=O)N[C@@H]3C[C@H]4CC[C@@H]3N4)s2)o1. The molecule has 0 unspecified atom stereocenters. The number of hydrogen-bond acceptors (Lipinski definition) is 8. The van der Waals surface area contributed by atoms with E-state index >= 15 is 0 Å². The van der Waals surface area contributed by atoms with E-state index in [1.165, 1.54) is 24.9 Å². The number of thiophene rings is 1. The van der Waals surface area contributed by atoms with Crippen molar-refractivity contribution in [2.75, 3.05) is 7.11 Å². The van der Waals surface area contributed by atoms with Crippen molar-refractivity contribution in [1.82, 2.24) is 20.8 Å². The van der Waals surface area contributed by atoms with E-state index in [0.29, 0.717) is 22.0 Å². The van der Waals surface area contributed by atoms with Crippen LogP contribution in [0.2, 0.25) is 0 Å². The van der Waals surface area contributed by atoms with E-state index in [0.717, 1.165) is 12.8 Å². The minimum absolute atomic E-state index is 0.0204. The molecular formula is C14H16N4O4S. The maximum Gasteiger partial charge on any atom is 0.423 e. The number of nitrogens with one attached hydrogen (secondary N) is 2. The highest BCUT2D eigenvalue weighted by molar-refractivity contribution is 7.15. The molecule has 1 amide bonds. The Hall–Kier alpha value is -2.13. The summed E-state index contributed by atoms with van der Waals surface area (Å²) in [6, 6.07) is 4.61. The summed E-state index contributed by atoms with van der Waals surface area (Å²) in [5.74, 6) is -0.0766. The lowest BCUT2D eigenvalue weighted by Crippen LogP contribution is -2.42. The number of ether oxygens (including phenoxy) is 2. The molecule has 0 spiro atoms. The van der Waals surface area contributed by atoms with Gasteiger partial charge in [0.05, 0.1) is 12.0 Å². The van der Waals surface area contributed by atoms with Gasteiger partial charge in [-0.25, -0.2) is 0 Å². The van der Waals surface area contributed by atoms with Crippen LogP contribution in [0.4, 0.5) is 0 Å². The summed E-state index contributed by atoms with van der Waals surface area (Å²) in [5, 5.41) is 14.4. The lowest BCUT2D eigenvalue weighted by molar-refractivity contribution is 0.0935. The predicted molar refractivity (Wildman–Crippen MR) is 81.1 cm³/mol. The highest BCUT2D eigenvalue weighted by atomic mass is 32.1. The highest BCUT2D eigenvalue weighted by Gasteiger charge is 2.39. The maximum absolute atomic E-state index is 12.3. The molecule has 122 valence electrons. The molecule has 2 aromatic rings. The molecule has 2 aliphatic rings. The van der Waals surface area contributed by atoms with Gasteiger partial charge in [-0.3, -0.25) is 4.79 Å². The summed E-state index contributed by atoms with van der Waals surface area (Å²) in [6.07, 6.45) is 3.36. The summed E-state index contributed by atoms with van der Waals surface area (Å²) in [4.78, 5) is 12.9. The summed E-state index contributed by atoms with van der Waals surface area (Å²) in [5.41, 5.74) is 0. The van der Waals surface area contributed by atoms with Crippen molar-refractivity contribution >= 4 is 17.2 Å². The Morgan fingerprint density at radius 3 is 2.96 bits per heavy atom. The summed E-state index contributed by atoms with van der Waals surface area (Å²) < 4.78 is 15.3. The van der Waals surface area contributed by atoms with Crippen molar-refractivity contribution in [1.29, 1.82) is 0 Å². The number of aromatic nitrogens is 2. The van der Waals surface area contributed by atoms with Crippen LogP contribution in [0.5, 0.6) is 17.2 Å². The number of nitrogens with zero attached hydrogens (tertiary/aromatic N) is 2. The minimum atomic E-state index is -0.0766. The monoisotopic (exact) mass is 336 g/mol. The maximum atomic E-state index is 12.3. The van der Waals surface area contributed by atoms with Crippen molar-refractivity contribution in [2.45, 2.75) is 37.4 Å². The van der Waals surface area contributed by atoms with Crippen LogP contribution in [0.3, 0.4) is 0 Å². The summed E-state index contributed by atoms with van der Waals surface area (Å²) >= 11 is 1.23. The molecule has 8 nitrogen and oxygen atoms in total. The molecule has 0 radical (unpaired) electrons. The second-order valence-electron chi connectivity index (χ2n) is 5.62.